The fraction of sp³-hybridized carbons (Fsp3) is 0.600. The van der Waals surface area contributed by atoms with Crippen LogP contribution in [0, 0.1) is 5.92 Å². The maximum absolute atomic E-state index is 12.4. The third-order valence-corrected chi connectivity index (χ3v) is 5.77. The molecule has 2 aromatic heterocycles. The molecule has 7 heteroatoms. The van der Waals surface area contributed by atoms with Crippen molar-refractivity contribution < 1.29 is 13.9 Å². The Bertz CT molecular complexity index is 734. The molecule has 0 radical (unpaired) electrons. The Hall–Kier alpha value is -2.12. The Morgan fingerprint density at radius 2 is 2.15 bits per heavy atom. The normalized spacial score (nSPS) is 23.8. The van der Waals surface area contributed by atoms with E-state index in [0.717, 1.165) is 52.0 Å². The number of nitrogens with one attached hydrogen (secondary N) is 1. The van der Waals surface area contributed by atoms with Gasteiger partial charge in [-0.25, -0.2) is 0 Å². The number of amides is 1. The van der Waals surface area contributed by atoms with Crippen LogP contribution < -0.4 is 5.32 Å². The molecule has 2 atom stereocenters. The molecular formula is C20H28N4O3. The lowest BCUT2D eigenvalue weighted by Crippen LogP contribution is -2.46. The lowest BCUT2D eigenvalue weighted by Gasteiger charge is -2.33. The van der Waals surface area contributed by atoms with Crippen molar-refractivity contribution in [2.24, 2.45) is 5.92 Å². The number of aryl methyl sites for hydroxylation is 1. The van der Waals surface area contributed by atoms with E-state index < -0.39 is 0 Å². The van der Waals surface area contributed by atoms with Gasteiger partial charge in [0.2, 0.25) is 0 Å². The summed E-state index contributed by atoms with van der Waals surface area (Å²) in [6, 6.07) is 4.26. The summed E-state index contributed by atoms with van der Waals surface area (Å²) in [6.07, 6.45) is 8.09. The van der Waals surface area contributed by atoms with Crippen molar-refractivity contribution in [2.75, 3.05) is 26.2 Å². The number of ether oxygens (including phenoxy) is 1. The highest BCUT2D eigenvalue weighted by Crippen LogP contribution is 2.34. The molecule has 2 fully saturated rings. The summed E-state index contributed by atoms with van der Waals surface area (Å²) in [5.41, 5.74) is 1.82. The maximum Gasteiger partial charge on any atom is 0.257 e. The van der Waals surface area contributed by atoms with Crippen LogP contribution in [0.3, 0.4) is 0 Å². The van der Waals surface area contributed by atoms with Crippen LogP contribution in [0.4, 0.5) is 0 Å². The quantitative estimate of drug-likeness (QED) is 0.843. The van der Waals surface area contributed by atoms with E-state index in [1.165, 1.54) is 12.0 Å². The van der Waals surface area contributed by atoms with Crippen molar-refractivity contribution in [3.63, 3.8) is 0 Å². The lowest BCUT2D eigenvalue weighted by molar-refractivity contribution is 0.0691. The zero-order valence-corrected chi connectivity index (χ0v) is 15.8. The van der Waals surface area contributed by atoms with Crippen molar-refractivity contribution in [1.29, 1.82) is 0 Å². The molecule has 146 valence electrons. The van der Waals surface area contributed by atoms with Gasteiger partial charge in [-0.1, -0.05) is 0 Å². The van der Waals surface area contributed by atoms with Crippen LogP contribution >= 0.6 is 0 Å². The number of rotatable bonds is 6. The van der Waals surface area contributed by atoms with E-state index >= 15 is 0 Å². The predicted octanol–water partition coefficient (Wildman–Crippen LogP) is 2.47. The van der Waals surface area contributed by atoms with Crippen LogP contribution in [0.1, 0.15) is 48.3 Å². The van der Waals surface area contributed by atoms with Crippen LogP contribution in [-0.2, 0) is 11.3 Å². The van der Waals surface area contributed by atoms with Gasteiger partial charge in [-0.05, 0) is 38.3 Å². The van der Waals surface area contributed by atoms with Gasteiger partial charge in [-0.3, -0.25) is 9.48 Å². The summed E-state index contributed by atoms with van der Waals surface area (Å²) in [4.78, 5) is 14.3. The minimum absolute atomic E-state index is 0.0688. The molecule has 0 aromatic carbocycles. The number of nitrogens with zero attached hydrogens (tertiary/aromatic N) is 3. The monoisotopic (exact) mass is 372 g/mol. The van der Waals surface area contributed by atoms with Crippen LogP contribution in [0.15, 0.2) is 35.3 Å². The molecule has 0 unspecified atom stereocenters. The molecule has 0 spiro atoms. The third kappa shape index (κ3) is 3.94. The first kappa shape index (κ1) is 18.3. The number of likely N-dealkylation sites (tertiary alicyclic amines) is 1. The molecule has 0 bridgehead atoms. The number of carbonyl (C=O) groups is 1. The van der Waals surface area contributed by atoms with E-state index in [9.17, 15) is 4.79 Å². The summed E-state index contributed by atoms with van der Waals surface area (Å²) in [5, 5.41) is 8.10. The molecule has 1 N–H and O–H groups in total. The molecule has 27 heavy (non-hydrogen) atoms. The molecule has 0 saturated carbocycles. The molecule has 2 saturated heterocycles. The highest BCUT2D eigenvalue weighted by molar-refractivity contribution is 5.93. The fourth-order valence-corrected chi connectivity index (χ4v) is 4.19. The molecule has 4 rings (SSSR count). The van der Waals surface area contributed by atoms with Crippen LogP contribution in [-0.4, -0.2) is 52.9 Å². The summed E-state index contributed by atoms with van der Waals surface area (Å²) < 4.78 is 13.1. The third-order valence-electron chi connectivity index (χ3n) is 5.77. The molecule has 0 aliphatic carbocycles. The summed E-state index contributed by atoms with van der Waals surface area (Å²) >= 11 is 0. The first-order chi connectivity index (χ1) is 13.3. The molecule has 2 aromatic rings. The fourth-order valence-electron chi connectivity index (χ4n) is 4.19. The Balaban J connectivity index is 1.27. The predicted molar refractivity (Wildman–Crippen MR) is 100 cm³/mol. The molecule has 2 aliphatic rings. The average molecular weight is 372 g/mol. The number of furan rings is 1. The van der Waals surface area contributed by atoms with Crippen molar-refractivity contribution in [3.8, 4) is 0 Å². The second kappa shape index (κ2) is 8.27. The number of piperidine rings is 1. The number of carbonyl (C=O) groups excluding carboxylic acids is 1. The van der Waals surface area contributed by atoms with Gasteiger partial charge in [-0.15, -0.1) is 0 Å². The largest absolute Gasteiger partial charge is 0.472 e. The van der Waals surface area contributed by atoms with Gasteiger partial charge in [0.1, 0.15) is 12.4 Å². The highest BCUT2D eigenvalue weighted by atomic mass is 16.5. The van der Waals surface area contributed by atoms with E-state index in [1.807, 2.05) is 15.8 Å². The number of aromatic nitrogens is 2. The summed E-state index contributed by atoms with van der Waals surface area (Å²) in [6.45, 7) is 6.30. The zero-order valence-electron chi connectivity index (χ0n) is 15.8. The van der Waals surface area contributed by atoms with Gasteiger partial charge >= 0.3 is 0 Å². The lowest BCUT2D eigenvalue weighted by atomic mass is 9.97. The minimum Gasteiger partial charge on any atom is -0.472 e. The van der Waals surface area contributed by atoms with Crippen LogP contribution in [0.5, 0.6) is 0 Å². The zero-order chi connectivity index (χ0) is 18.6. The van der Waals surface area contributed by atoms with Gasteiger partial charge in [0.05, 0.1) is 17.5 Å². The van der Waals surface area contributed by atoms with Gasteiger partial charge in [0.25, 0.3) is 5.91 Å². The summed E-state index contributed by atoms with van der Waals surface area (Å²) in [5.74, 6) is 0.539. The molecule has 7 nitrogen and oxygen atoms in total. The topological polar surface area (TPSA) is 72.5 Å². The van der Waals surface area contributed by atoms with E-state index in [2.05, 4.69) is 23.4 Å². The van der Waals surface area contributed by atoms with Gasteiger partial charge in [0.15, 0.2) is 0 Å². The summed E-state index contributed by atoms with van der Waals surface area (Å²) in [7, 11) is 0. The Labute approximate surface area is 159 Å². The molecule has 1 amide bonds. The standard InChI is InChI=1S/C20H28N4O3/c1-2-24-18(3-8-22-24)19-15(7-12-27-19)13-21-17-4-9-23(10-5-17)20(25)16-6-11-26-14-16/h3,6,8,11,14-15,17,19,21H,2,4-5,7,9-10,12-13H2,1H3/t15-,19+/m0/s1. The minimum atomic E-state index is 0.0688. The van der Waals surface area contributed by atoms with Gasteiger partial charge < -0.3 is 19.4 Å². The Kier molecular flexibility index (Phi) is 5.59. The average Bonchev–Trinajstić information content (AvgIpc) is 3.47. The first-order valence-electron chi connectivity index (χ1n) is 9.94. The highest BCUT2D eigenvalue weighted by Gasteiger charge is 2.32. The van der Waals surface area contributed by atoms with E-state index in [1.54, 1.807) is 12.3 Å². The van der Waals surface area contributed by atoms with Crippen molar-refractivity contribution in [2.45, 2.75) is 44.9 Å². The van der Waals surface area contributed by atoms with Gasteiger partial charge in [0, 0.05) is 50.9 Å². The Morgan fingerprint density at radius 3 is 2.89 bits per heavy atom. The second-order valence-electron chi connectivity index (χ2n) is 7.40. The molecule has 2 aliphatic heterocycles. The van der Waals surface area contributed by atoms with E-state index in [4.69, 9.17) is 9.15 Å². The first-order valence-corrected chi connectivity index (χ1v) is 9.94. The van der Waals surface area contributed by atoms with Crippen LogP contribution in [0.2, 0.25) is 0 Å². The van der Waals surface area contributed by atoms with Crippen molar-refractivity contribution in [1.82, 2.24) is 20.0 Å². The van der Waals surface area contributed by atoms with E-state index in [-0.39, 0.29) is 12.0 Å². The molecular weight excluding hydrogens is 344 g/mol. The van der Waals surface area contributed by atoms with Crippen LogP contribution in [0.25, 0.3) is 0 Å². The SMILES string of the molecule is CCn1nccc1[C@@H]1OCC[C@H]1CNC1CCN(C(=O)c2ccoc2)CC1. The van der Waals surface area contributed by atoms with E-state index in [0.29, 0.717) is 17.5 Å². The number of hydrogen-bond acceptors (Lipinski definition) is 5. The second-order valence-corrected chi connectivity index (χ2v) is 7.40. The maximum atomic E-state index is 12.4. The smallest absolute Gasteiger partial charge is 0.257 e. The van der Waals surface area contributed by atoms with Crippen molar-refractivity contribution >= 4 is 5.91 Å². The Morgan fingerprint density at radius 1 is 1.30 bits per heavy atom. The van der Waals surface area contributed by atoms with Gasteiger partial charge in [-0.2, -0.15) is 5.10 Å². The molecule has 4 heterocycles. The van der Waals surface area contributed by atoms with Crippen molar-refractivity contribution in [3.05, 3.63) is 42.1 Å². The number of hydrogen-bond donors (Lipinski definition) is 1.